The zero-order valence-electron chi connectivity index (χ0n) is 4.93. The Morgan fingerprint density at radius 1 is 1.75 bits per heavy atom. The first-order valence-electron chi connectivity index (χ1n) is 2.93. The third-order valence-electron chi connectivity index (χ3n) is 1.62. The second-order valence-electron chi connectivity index (χ2n) is 2.73. The Labute approximate surface area is 49.7 Å². The molecule has 0 heterocycles. The molecule has 1 aliphatic carbocycles. The normalized spacial score (nSPS) is 47.6. The maximum absolute atomic E-state index is 9.17. The van der Waals surface area contributed by atoms with Crippen LogP contribution in [-0.2, 0) is 0 Å². The lowest BCUT2D eigenvalue weighted by molar-refractivity contribution is 0.0948. The molecule has 1 rings (SSSR count). The summed E-state index contributed by atoms with van der Waals surface area (Å²) < 4.78 is 0. The molecular formula is C6H12NO. The van der Waals surface area contributed by atoms with Crippen LogP contribution in [0.5, 0.6) is 0 Å². The van der Waals surface area contributed by atoms with Gasteiger partial charge in [-0.1, -0.05) is 0 Å². The SMILES string of the molecule is [CH2]C1(O)CC[C@H](N)C1. The molecule has 2 nitrogen and oxygen atoms in total. The van der Waals surface area contributed by atoms with E-state index in [2.05, 4.69) is 6.92 Å². The van der Waals surface area contributed by atoms with Gasteiger partial charge in [-0.15, -0.1) is 0 Å². The number of hydrogen-bond acceptors (Lipinski definition) is 2. The molecule has 1 saturated carbocycles. The van der Waals surface area contributed by atoms with Crippen molar-refractivity contribution in [2.24, 2.45) is 5.73 Å². The molecule has 0 spiro atoms. The zero-order valence-corrected chi connectivity index (χ0v) is 4.93. The van der Waals surface area contributed by atoms with E-state index < -0.39 is 5.60 Å². The van der Waals surface area contributed by atoms with E-state index in [0.717, 1.165) is 12.8 Å². The largest absolute Gasteiger partial charge is 0.390 e. The van der Waals surface area contributed by atoms with Gasteiger partial charge in [-0.2, -0.15) is 0 Å². The summed E-state index contributed by atoms with van der Waals surface area (Å²) in [7, 11) is 0. The minimum atomic E-state index is -0.709. The average Bonchev–Trinajstić information content (AvgIpc) is 1.82. The second kappa shape index (κ2) is 1.71. The molecule has 0 bridgehead atoms. The molecule has 0 saturated heterocycles. The van der Waals surface area contributed by atoms with Crippen LogP contribution in [0.15, 0.2) is 0 Å². The second-order valence-corrected chi connectivity index (χ2v) is 2.73. The molecule has 1 aliphatic rings. The molecule has 1 unspecified atom stereocenters. The third-order valence-corrected chi connectivity index (χ3v) is 1.62. The Kier molecular flexibility index (Phi) is 1.29. The lowest BCUT2D eigenvalue weighted by Crippen LogP contribution is -2.23. The smallest absolute Gasteiger partial charge is 0.0664 e. The first-order chi connectivity index (χ1) is 3.60. The topological polar surface area (TPSA) is 46.2 Å². The maximum atomic E-state index is 9.17. The van der Waals surface area contributed by atoms with Crippen LogP contribution in [0.3, 0.4) is 0 Å². The fourth-order valence-electron chi connectivity index (χ4n) is 1.15. The number of rotatable bonds is 0. The van der Waals surface area contributed by atoms with Crippen LogP contribution in [-0.4, -0.2) is 16.7 Å². The molecule has 2 atom stereocenters. The maximum Gasteiger partial charge on any atom is 0.0664 e. The van der Waals surface area contributed by atoms with Gasteiger partial charge in [0.15, 0.2) is 0 Å². The number of aliphatic hydroxyl groups is 1. The van der Waals surface area contributed by atoms with E-state index in [1.165, 1.54) is 0 Å². The molecule has 0 aromatic heterocycles. The van der Waals surface area contributed by atoms with Crippen LogP contribution >= 0.6 is 0 Å². The molecule has 0 aromatic rings. The lowest BCUT2D eigenvalue weighted by atomic mass is 10.1. The predicted octanol–water partition coefficient (Wildman–Crippen LogP) is 0.0628. The van der Waals surface area contributed by atoms with Crippen LogP contribution < -0.4 is 5.73 Å². The summed E-state index contributed by atoms with van der Waals surface area (Å²) in [5, 5.41) is 9.17. The third kappa shape index (κ3) is 1.20. The van der Waals surface area contributed by atoms with E-state index in [0.29, 0.717) is 6.42 Å². The summed E-state index contributed by atoms with van der Waals surface area (Å²) in [5.41, 5.74) is 4.80. The minimum absolute atomic E-state index is 0.178. The summed E-state index contributed by atoms with van der Waals surface area (Å²) >= 11 is 0. The van der Waals surface area contributed by atoms with Gasteiger partial charge < -0.3 is 10.8 Å². The molecular weight excluding hydrogens is 102 g/mol. The van der Waals surface area contributed by atoms with Crippen LogP contribution in [0.1, 0.15) is 19.3 Å². The highest BCUT2D eigenvalue weighted by atomic mass is 16.3. The van der Waals surface area contributed by atoms with E-state index in [9.17, 15) is 5.11 Å². The van der Waals surface area contributed by atoms with Crippen molar-refractivity contribution in [3.8, 4) is 0 Å². The van der Waals surface area contributed by atoms with Gasteiger partial charge in [0.25, 0.3) is 0 Å². The number of hydrogen-bond donors (Lipinski definition) is 2. The summed E-state index contributed by atoms with van der Waals surface area (Å²) in [6, 6.07) is 0.178. The Balaban J connectivity index is 2.44. The molecule has 8 heavy (non-hydrogen) atoms. The van der Waals surface area contributed by atoms with Gasteiger partial charge in [-0.3, -0.25) is 0 Å². The highest BCUT2D eigenvalue weighted by Crippen LogP contribution is 2.26. The van der Waals surface area contributed by atoms with Crippen molar-refractivity contribution in [2.45, 2.75) is 30.9 Å². The molecule has 2 heteroatoms. The Bertz CT molecular complexity index is 90.5. The van der Waals surface area contributed by atoms with Crippen molar-refractivity contribution in [3.63, 3.8) is 0 Å². The van der Waals surface area contributed by atoms with Crippen LogP contribution in [0.2, 0.25) is 0 Å². The van der Waals surface area contributed by atoms with Crippen molar-refractivity contribution < 1.29 is 5.11 Å². The van der Waals surface area contributed by atoms with E-state index >= 15 is 0 Å². The van der Waals surface area contributed by atoms with Crippen LogP contribution in [0.25, 0.3) is 0 Å². The fraction of sp³-hybridized carbons (Fsp3) is 0.833. The van der Waals surface area contributed by atoms with Crippen molar-refractivity contribution in [2.75, 3.05) is 0 Å². The Morgan fingerprint density at radius 3 is 2.50 bits per heavy atom. The van der Waals surface area contributed by atoms with Crippen molar-refractivity contribution >= 4 is 0 Å². The first-order valence-corrected chi connectivity index (χ1v) is 2.93. The molecule has 0 aliphatic heterocycles. The van der Waals surface area contributed by atoms with Crippen molar-refractivity contribution in [1.82, 2.24) is 0 Å². The molecule has 1 fully saturated rings. The van der Waals surface area contributed by atoms with Crippen LogP contribution in [0.4, 0.5) is 0 Å². The molecule has 47 valence electrons. The van der Waals surface area contributed by atoms with Gasteiger partial charge >= 0.3 is 0 Å². The molecule has 1 radical (unpaired) electrons. The first kappa shape index (κ1) is 6.05. The monoisotopic (exact) mass is 114 g/mol. The standard InChI is InChI=1S/C6H12NO/c1-6(8)3-2-5(7)4-6/h5,8H,1-4,7H2/t5-,6?/m0/s1. The van der Waals surface area contributed by atoms with Crippen molar-refractivity contribution in [3.05, 3.63) is 6.92 Å². The van der Waals surface area contributed by atoms with E-state index in [1.807, 2.05) is 0 Å². The van der Waals surface area contributed by atoms with Gasteiger partial charge in [-0.25, -0.2) is 0 Å². The number of nitrogens with two attached hydrogens (primary N) is 1. The van der Waals surface area contributed by atoms with Gasteiger partial charge in [0.2, 0.25) is 0 Å². The highest BCUT2D eigenvalue weighted by molar-refractivity contribution is 4.92. The predicted molar refractivity (Wildman–Crippen MR) is 32.1 cm³/mol. The zero-order chi connectivity index (χ0) is 6.20. The van der Waals surface area contributed by atoms with Gasteiger partial charge in [-0.05, 0) is 26.2 Å². The summed E-state index contributed by atoms with van der Waals surface area (Å²) in [5.74, 6) is 0. The van der Waals surface area contributed by atoms with E-state index in [4.69, 9.17) is 5.73 Å². The van der Waals surface area contributed by atoms with Crippen LogP contribution in [0, 0.1) is 6.92 Å². The van der Waals surface area contributed by atoms with E-state index in [-0.39, 0.29) is 6.04 Å². The van der Waals surface area contributed by atoms with Gasteiger partial charge in [0.05, 0.1) is 5.60 Å². The fourth-order valence-corrected chi connectivity index (χ4v) is 1.15. The summed E-state index contributed by atoms with van der Waals surface area (Å²) in [6.45, 7) is 3.60. The lowest BCUT2D eigenvalue weighted by Gasteiger charge is -2.13. The summed E-state index contributed by atoms with van der Waals surface area (Å²) in [4.78, 5) is 0. The Morgan fingerprint density at radius 2 is 2.38 bits per heavy atom. The summed E-state index contributed by atoms with van der Waals surface area (Å²) in [6.07, 6.45) is 2.33. The quantitative estimate of drug-likeness (QED) is 0.468. The average molecular weight is 114 g/mol. The molecule has 3 N–H and O–H groups in total. The molecule has 0 aromatic carbocycles. The highest BCUT2D eigenvalue weighted by Gasteiger charge is 2.30. The molecule has 0 amide bonds. The van der Waals surface area contributed by atoms with Gasteiger partial charge in [0.1, 0.15) is 0 Å². The minimum Gasteiger partial charge on any atom is -0.390 e. The van der Waals surface area contributed by atoms with Crippen molar-refractivity contribution in [1.29, 1.82) is 0 Å². The van der Waals surface area contributed by atoms with E-state index in [1.54, 1.807) is 0 Å². The Hall–Kier alpha value is -0.0800. The van der Waals surface area contributed by atoms with Gasteiger partial charge in [0, 0.05) is 6.04 Å².